The average molecular weight is 292 g/mol. The van der Waals surface area contributed by atoms with Gasteiger partial charge in [-0.05, 0) is 41.9 Å². The Bertz CT molecular complexity index is 405. The second kappa shape index (κ2) is 5.39. The van der Waals surface area contributed by atoms with Crippen LogP contribution in [0.3, 0.4) is 0 Å². The minimum absolute atomic E-state index is 0.0874. The lowest BCUT2D eigenvalue weighted by Crippen LogP contribution is -2.32. The van der Waals surface area contributed by atoms with E-state index in [1.165, 1.54) is 11.0 Å². The fourth-order valence-corrected chi connectivity index (χ4v) is 1.72. The van der Waals surface area contributed by atoms with E-state index in [4.69, 9.17) is 0 Å². The molecule has 0 aliphatic heterocycles. The highest BCUT2D eigenvalue weighted by atomic mass is 79.9. The third kappa shape index (κ3) is 2.40. The fraction of sp³-hybridized carbons (Fsp3) is 0.364. The molecule has 1 amide bonds. The highest BCUT2D eigenvalue weighted by molar-refractivity contribution is 9.10. The second-order valence-corrected chi connectivity index (χ2v) is 4.05. The van der Waals surface area contributed by atoms with Crippen LogP contribution in [0.5, 0.6) is 0 Å². The van der Waals surface area contributed by atoms with Crippen LogP contribution in [0.1, 0.15) is 24.2 Å². The average Bonchev–Trinajstić information content (AvgIpc) is 2.26. The lowest BCUT2D eigenvalue weighted by molar-refractivity contribution is 0.0763. The van der Waals surface area contributed by atoms with E-state index in [0.717, 1.165) is 6.07 Å². The normalized spacial score (nSPS) is 10.3. The van der Waals surface area contributed by atoms with Gasteiger partial charge in [0.05, 0.1) is 4.47 Å². The smallest absolute Gasteiger partial charge is 0.259 e. The Kier molecular flexibility index (Phi) is 4.41. The SMILES string of the molecule is CCN(CC)C(=O)c1c(F)ccc(Br)c1F. The first kappa shape index (κ1) is 13.1. The molecule has 88 valence electrons. The van der Waals surface area contributed by atoms with E-state index < -0.39 is 23.1 Å². The Balaban J connectivity index is 3.22. The van der Waals surface area contributed by atoms with Gasteiger partial charge in [-0.25, -0.2) is 8.78 Å². The third-order valence-electron chi connectivity index (χ3n) is 2.31. The zero-order chi connectivity index (χ0) is 12.3. The number of carbonyl (C=O) groups is 1. The summed E-state index contributed by atoms with van der Waals surface area (Å²) >= 11 is 2.93. The van der Waals surface area contributed by atoms with Crippen molar-refractivity contribution in [3.63, 3.8) is 0 Å². The van der Waals surface area contributed by atoms with Crippen molar-refractivity contribution in [1.29, 1.82) is 0 Å². The van der Waals surface area contributed by atoms with Crippen LogP contribution >= 0.6 is 15.9 Å². The molecule has 0 heterocycles. The molecule has 0 spiro atoms. The summed E-state index contributed by atoms with van der Waals surface area (Å²) in [6.07, 6.45) is 0. The van der Waals surface area contributed by atoms with E-state index in [0.29, 0.717) is 13.1 Å². The van der Waals surface area contributed by atoms with Gasteiger partial charge in [0.25, 0.3) is 5.91 Å². The molecule has 1 aromatic carbocycles. The molecule has 0 aliphatic carbocycles. The van der Waals surface area contributed by atoms with Crippen LogP contribution in [-0.2, 0) is 0 Å². The van der Waals surface area contributed by atoms with E-state index in [1.807, 2.05) is 0 Å². The quantitative estimate of drug-likeness (QED) is 0.783. The van der Waals surface area contributed by atoms with Gasteiger partial charge in [0.2, 0.25) is 0 Å². The molecular formula is C11H12BrF2NO. The predicted molar refractivity (Wildman–Crippen MR) is 61.3 cm³/mol. The molecule has 0 radical (unpaired) electrons. The highest BCUT2D eigenvalue weighted by Gasteiger charge is 2.22. The number of hydrogen-bond donors (Lipinski definition) is 0. The van der Waals surface area contributed by atoms with Crippen molar-refractivity contribution >= 4 is 21.8 Å². The van der Waals surface area contributed by atoms with Gasteiger partial charge in [0.1, 0.15) is 11.4 Å². The Labute approximate surface area is 101 Å². The van der Waals surface area contributed by atoms with E-state index in [9.17, 15) is 13.6 Å². The van der Waals surface area contributed by atoms with Crippen molar-refractivity contribution in [3.8, 4) is 0 Å². The lowest BCUT2D eigenvalue weighted by Gasteiger charge is -2.19. The summed E-state index contributed by atoms with van der Waals surface area (Å²) in [5.41, 5.74) is -0.502. The summed E-state index contributed by atoms with van der Waals surface area (Å²) in [5.74, 6) is -2.31. The molecule has 0 unspecified atom stereocenters. The number of rotatable bonds is 3. The van der Waals surface area contributed by atoms with Crippen LogP contribution in [0.2, 0.25) is 0 Å². The minimum Gasteiger partial charge on any atom is -0.339 e. The zero-order valence-electron chi connectivity index (χ0n) is 9.06. The van der Waals surface area contributed by atoms with Gasteiger partial charge < -0.3 is 4.90 Å². The van der Waals surface area contributed by atoms with Crippen molar-refractivity contribution in [2.75, 3.05) is 13.1 Å². The van der Waals surface area contributed by atoms with Crippen LogP contribution in [-0.4, -0.2) is 23.9 Å². The molecule has 1 rings (SSSR count). The van der Waals surface area contributed by atoms with Crippen LogP contribution in [0.4, 0.5) is 8.78 Å². The Morgan fingerprint density at radius 1 is 1.31 bits per heavy atom. The second-order valence-electron chi connectivity index (χ2n) is 3.20. The van der Waals surface area contributed by atoms with Gasteiger partial charge in [-0.2, -0.15) is 0 Å². The standard InChI is InChI=1S/C11H12BrF2NO/c1-3-15(4-2)11(16)9-8(13)6-5-7(12)10(9)14/h5-6H,3-4H2,1-2H3. The number of halogens is 3. The van der Waals surface area contributed by atoms with Crippen LogP contribution in [0, 0.1) is 11.6 Å². The zero-order valence-corrected chi connectivity index (χ0v) is 10.6. The number of benzene rings is 1. The van der Waals surface area contributed by atoms with Gasteiger partial charge >= 0.3 is 0 Å². The van der Waals surface area contributed by atoms with Gasteiger partial charge in [-0.15, -0.1) is 0 Å². The topological polar surface area (TPSA) is 20.3 Å². The van der Waals surface area contributed by atoms with Crippen LogP contribution in [0.15, 0.2) is 16.6 Å². The van der Waals surface area contributed by atoms with Crippen molar-refractivity contribution in [2.24, 2.45) is 0 Å². The molecule has 0 saturated heterocycles. The maximum Gasteiger partial charge on any atom is 0.259 e. The highest BCUT2D eigenvalue weighted by Crippen LogP contribution is 2.22. The van der Waals surface area contributed by atoms with Crippen LogP contribution < -0.4 is 0 Å². The summed E-state index contributed by atoms with van der Waals surface area (Å²) in [6.45, 7) is 4.35. The first-order valence-corrected chi connectivity index (χ1v) is 5.75. The fourth-order valence-electron chi connectivity index (χ4n) is 1.39. The van der Waals surface area contributed by atoms with Crippen molar-refractivity contribution in [2.45, 2.75) is 13.8 Å². The Morgan fingerprint density at radius 3 is 2.38 bits per heavy atom. The van der Waals surface area contributed by atoms with Gasteiger partial charge in [0.15, 0.2) is 5.82 Å². The molecule has 0 N–H and O–H groups in total. The molecular weight excluding hydrogens is 280 g/mol. The van der Waals surface area contributed by atoms with Crippen molar-refractivity contribution in [1.82, 2.24) is 4.90 Å². The maximum absolute atomic E-state index is 13.6. The van der Waals surface area contributed by atoms with Crippen LogP contribution in [0.25, 0.3) is 0 Å². The molecule has 5 heteroatoms. The Hall–Kier alpha value is -0.970. The van der Waals surface area contributed by atoms with E-state index in [2.05, 4.69) is 15.9 Å². The molecule has 0 saturated carbocycles. The molecule has 0 aromatic heterocycles. The molecule has 0 aliphatic rings. The molecule has 0 atom stereocenters. The summed E-state index contributed by atoms with van der Waals surface area (Å²) < 4.78 is 27.1. The molecule has 1 aromatic rings. The number of hydrogen-bond acceptors (Lipinski definition) is 1. The van der Waals surface area contributed by atoms with E-state index in [1.54, 1.807) is 13.8 Å². The molecule has 2 nitrogen and oxygen atoms in total. The summed E-state index contributed by atoms with van der Waals surface area (Å²) in [7, 11) is 0. The summed E-state index contributed by atoms with van der Waals surface area (Å²) in [5, 5.41) is 0. The molecule has 0 bridgehead atoms. The van der Waals surface area contributed by atoms with E-state index in [-0.39, 0.29) is 4.47 Å². The minimum atomic E-state index is -0.850. The van der Waals surface area contributed by atoms with Gasteiger partial charge in [0, 0.05) is 13.1 Å². The summed E-state index contributed by atoms with van der Waals surface area (Å²) in [4.78, 5) is 13.2. The largest absolute Gasteiger partial charge is 0.339 e. The van der Waals surface area contributed by atoms with Gasteiger partial charge in [-0.1, -0.05) is 0 Å². The predicted octanol–water partition coefficient (Wildman–Crippen LogP) is 3.21. The van der Waals surface area contributed by atoms with E-state index >= 15 is 0 Å². The number of nitrogens with zero attached hydrogens (tertiary/aromatic N) is 1. The third-order valence-corrected chi connectivity index (χ3v) is 2.92. The maximum atomic E-state index is 13.6. The first-order chi connectivity index (χ1) is 7.52. The Morgan fingerprint density at radius 2 is 1.88 bits per heavy atom. The van der Waals surface area contributed by atoms with Crippen molar-refractivity contribution < 1.29 is 13.6 Å². The number of carbonyl (C=O) groups excluding carboxylic acids is 1. The summed E-state index contributed by atoms with van der Waals surface area (Å²) in [6, 6.07) is 2.31. The van der Waals surface area contributed by atoms with Gasteiger partial charge in [-0.3, -0.25) is 4.79 Å². The molecule has 16 heavy (non-hydrogen) atoms. The lowest BCUT2D eigenvalue weighted by atomic mass is 10.1. The molecule has 0 fully saturated rings. The first-order valence-electron chi connectivity index (χ1n) is 4.95. The van der Waals surface area contributed by atoms with Crippen molar-refractivity contribution in [3.05, 3.63) is 33.8 Å². The number of amides is 1. The monoisotopic (exact) mass is 291 g/mol.